The van der Waals surface area contributed by atoms with E-state index in [1.54, 1.807) is 11.8 Å². The summed E-state index contributed by atoms with van der Waals surface area (Å²) in [4.78, 5) is 15.6. The third-order valence-corrected chi connectivity index (χ3v) is 6.50. The highest BCUT2D eigenvalue weighted by Gasteiger charge is 2.73. The number of carbonyl (C=O) groups excluding carboxylic acids is 1. The fourth-order valence-corrected chi connectivity index (χ4v) is 4.13. The SMILES string of the molecule is Cc1cc(F)c(N2CCN(C(=O)C3(C)CC3(F)F)CC2)cc1SCC(F)(F)F. The molecule has 28 heavy (non-hydrogen) atoms. The van der Waals surface area contributed by atoms with Crippen molar-refractivity contribution < 1.29 is 31.1 Å². The van der Waals surface area contributed by atoms with Gasteiger partial charge in [-0.05, 0) is 31.5 Å². The number of halogens is 6. The van der Waals surface area contributed by atoms with E-state index in [9.17, 15) is 31.1 Å². The number of benzene rings is 1. The molecule has 1 aliphatic heterocycles. The zero-order valence-electron chi connectivity index (χ0n) is 15.4. The molecule has 1 atom stereocenters. The molecule has 1 heterocycles. The van der Waals surface area contributed by atoms with E-state index in [1.165, 1.54) is 24.0 Å². The molecule has 1 unspecified atom stereocenters. The first-order valence-electron chi connectivity index (χ1n) is 8.76. The fraction of sp³-hybridized carbons (Fsp3) is 0.611. The monoisotopic (exact) mass is 426 g/mol. The van der Waals surface area contributed by atoms with Gasteiger partial charge < -0.3 is 9.80 Å². The maximum atomic E-state index is 14.4. The molecule has 1 saturated carbocycles. The normalized spacial score (nSPS) is 24.4. The van der Waals surface area contributed by atoms with Crippen LogP contribution in [0.5, 0.6) is 0 Å². The molecular formula is C18H20F6N2OS. The number of amides is 1. The van der Waals surface area contributed by atoms with Crippen LogP contribution in [0.1, 0.15) is 18.9 Å². The first kappa shape index (κ1) is 21.1. The van der Waals surface area contributed by atoms with E-state index in [1.807, 2.05) is 0 Å². The van der Waals surface area contributed by atoms with Crippen LogP contribution < -0.4 is 4.90 Å². The molecule has 0 aromatic heterocycles. The van der Waals surface area contributed by atoms with Crippen molar-refractivity contribution in [1.82, 2.24) is 4.90 Å². The van der Waals surface area contributed by atoms with Crippen molar-refractivity contribution >= 4 is 23.4 Å². The van der Waals surface area contributed by atoms with Crippen molar-refractivity contribution in [3.05, 3.63) is 23.5 Å². The van der Waals surface area contributed by atoms with Gasteiger partial charge >= 0.3 is 6.18 Å². The minimum absolute atomic E-state index is 0.156. The van der Waals surface area contributed by atoms with Crippen molar-refractivity contribution in [2.75, 3.05) is 36.8 Å². The summed E-state index contributed by atoms with van der Waals surface area (Å²) in [5.74, 6) is -5.24. The summed E-state index contributed by atoms with van der Waals surface area (Å²) >= 11 is 0.591. The minimum Gasteiger partial charge on any atom is -0.366 e. The van der Waals surface area contributed by atoms with Crippen LogP contribution in [0.4, 0.5) is 32.0 Å². The minimum atomic E-state index is -4.33. The number of nitrogens with zero attached hydrogens (tertiary/aromatic N) is 2. The Morgan fingerprint density at radius 2 is 1.75 bits per heavy atom. The highest BCUT2D eigenvalue weighted by atomic mass is 32.2. The van der Waals surface area contributed by atoms with Gasteiger partial charge in [0.2, 0.25) is 5.91 Å². The molecule has 2 aliphatic rings. The Labute approximate surface area is 163 Å². The summed E-state index contributed by atoms with van der Waals surface area (Å²) in [6.45, 7) is 3.53. The van der Waals surface area contributed by atoms with Crippen LogP contribution in [0.15, 0.2) is 17.0 Å². The van der Waals surface area contributed by atoms with Gasteiger partial charge in [-0.15, -0.1) is 11.8 Å². The van der Waals surface area contributed by atoms with E-state index < -0.39 is 41.4 Å². The molecule has 0 spiro atoms. The molecule has 2 fully saturated rings. The Morgan fingerprint density at radius 3 is 2.25 bits per heavy atom. The molecule has 1 amide bonds. The average molecular weight is 426 g/mol. The van der Waals surface area contributed by atoms with Gasteiger partial charge in [0.1, 0.15) is 11.2 Å². The smallest absolute Gasteiger partial charge is 0.366 e. The number of anilines is 1. The molecule has 0 N–H and O–H groups in total. The van der Waals surface area contributed by atoms with Gasteiger partial charge in [-0.3, -0.25) is 4.79 Å². The number of alkyl halides is 5. The predicted octanol–water partition coefficient (Wildman–Crippen LogP) is 4.48. The number of thioether (sulfide) groups is 1. The number of piperazine rings is 1. The van der Waals surface area contributed by atoms with E-state index >= 15 is 0 Å². The Morgan fingerprint density at radius 1 is 1.18 bits per heavy atom. The van der Waals surface area contributed by atoms with Crippen LogP contribution in [0.25, 0.3) is 0 Å². The quantitative estimate of drug-likeness (QED) is 0.524. The van der Waals surface area contributed by atoms with Crippen molar-refractivity contribution in [3.63, 3.8) is 0 Å². The zero-order chi connectivity index (χ0) is 20.9. The maximum absolute atomic E-state index is 14.4. The van der Waals surface area contributed by atoms with Crippen molar-refractivity contribution in [2.24, 2.45) is 5.41 Å². The lowest BCUT2D eigenvalue weighted by Gasteiger charge is -2.37. The van der Waals surface area contributed by atoms with E-state index in [-0.39, 0.29) is 31.9 Å². The predicted molar refractivity (Wildman–Crippen MR) is 94.4 cm³/mol. The van der Waals surface area contributed by atoms with Crippen LogP contribution in [-0.4, -0.2) is 54.8 Å². The molecule has 1 aromatic rings. The Kier molecular flexibility index (Phi) is 5.31. The molecule has 3 nitrogen and oxygen atoms in total. The van der Waals surface area contributed by atoms with Crippen molar-refractivity contribution in [2.45, 2.75) is 37.3 Å². The van der Waals surface area contributed by atoms with Crippen LogP contribution in [0.2, 0.25) is 0 Å². The average Bonchev–Trinajstić information content (AvgIpc) is 3.12. The van der Waals surface area contributed by atoms with E-state index in [4.69, 9.17) is 0 Å². The molecule has 3 rings (SSSR count). The van der Waals surface area contributed by atoms with Gasteiger partial charge in [-0.2, -0.15) is 13.2 Å². The molecule has 156 valence electrons. The zero-order valence-corrected chi connectivity index (χ0v) is 16.2. The van der Waals surface area contributed by atoms with Crippen LogP contribution in [0.3, 0.4) is 0 Å². The summed E-state index contributed by atoms with van der Waals surface area (Å²) < 4.78 is 78.7. The molecule has 0 radical (unpaired) electrons. The summed E-state index contributed by atoms with van der Waals surface area (Å²) in [5.41, 5.74) is -1.09. The third kappa shape index (κ3) is 4.06. The maximum Gasteiger partial charge on any atom is 0.398 e. The largest absolute Gasteiger partial charge is 0.398 e. The second-order valence-corrected chi connectivity index (χ2v) is 8.48. The number of carbonyl (C=O) groups is 1. The topological polar surface area (TPSA) is 23.6 Å². The van der Waals surface area contributed by atoms with Crippen molar-refractivity contribution in [1.29, 1.82) is 0 Å². The lowest BCUT2D eigenvalue weighted by atomic mass is 10.1. The van der Waals surface area contributed by atoms with Gasteiger partial charge in [0.25, 0.3) is 5.92 Å². The van der Waals surface area contributed by atoms with Gasteiger partial charge in [-0.1, -0.05) is 0 Å². The highest BCUT2D eigenvalue weighted by molar-refractivity contribution is 7.99. The van der Waals surface area contributed by atoms with E-state index in [0.717, 1.165) is 0 Å². The summed E-state index contributed by atoms with van der Waals surface area (Å²) in [6.07, 6.45) is -4.80. The van der Waals surface area contributed by atoms with Crippen LogP contribution in [-0.2, 0) is 4.79 Å². The summed E-state index contributed by atoms with van der Waals surface area (Å²) in [6, 6.07) is 2.58. The van der Waals surface area contributed by atoms with Crippen LogP contribution in [0, 0.1) is 18.2 Å². The molecular weight excluding hydrogens is 406 g/mol. The van der Waals surface area contributed by atoms with Crippen molar-refractivity contribution in [3.8, 4) is 0 Å². The highest BCUT2D eigenvalue weighted by Crippen LogP contribution is 2.61. The molecule has 1 aromatic carbocycles. The van der Waals surface area contributed by atoms with Gasteiger partial charge in [-0.25, -0.2) is 13.2 Å². The van der Waals surface area contributed by atoms with Crippen LogP contribution >= 0.6 is 11.8 Å². The Balaban J connectivity index is 1.68. The Bertz CT molecular complexity index is 776. The number of aryl methyl sites for hydroxylation is 1. The number of rotatable bonds is 4. The van der Waals surface area contributed by atoms with Gasteiger partial charge in [0.05, 0.1) is 11.4 Å². The number of hydrogen-bond acceptors (Lipinski definition) is 3. The Hall–Kier alpha value is -1.58. The molecule has 1 aliphatic carbocycles. The first-order valence-corrected chi connectivity index (χ1v) is 9.74. The third-order valence-electron chi connectivity index (χ3n) is 5.27. The molecule has 10 heteroatoms. The number of hydrogen-bond donors (Lipinski definition) is 0. The second-order valence-electron chi connectivity index (χ2n) is 7.47. The fourth-order valence-electron chi connectivity index (χ4n) is 3.33. The van der Waals surface area contributed by atoms with Gasteiger partial charge in [0, 0.05) is 37.5 Å². The standard InChI is InChI=1S/C18H20F6N2OS/c1-11-7-12(19)13(8-14(11)28-10-18(22,23)24)25-3-5-26(6-4-25)15(27)16(2)9-17(16,20)21/h7-8H,3-6,9-10H2,1-2H3. The second kappa shape index (κ2) is 7.03. The lowest BCUT2D eigenvalue weighted by molar-refractivity contribution is -0.140. The lowest BCUT2D eigenvalue weighted by Crippen LogP contribution is -2.51. The molecule has 0 bridgehead atoms. The van der Waals surface area contributed by atoms with E-state index in [0.29, 0.717) is 22.2 Å². The van der Waals surface area contributed by atoms with E-state index in [2.05, 4.69) is 0 Å². The molecule has 1 saturated heterocycles. The summed E-state index contributed by atoms with van der Waals surface area (Å²) in [7, 11) is 0. The summed E-state index contributed by atoms with van der Waals surface area (Å²) in [5, 5.41) is 0. The van der Waals surface area contributed by atoms with Gasteiger partial charge in [0.15, 0.2) is 0 Å². The first-order chi connectivity index (χ1) is 12.8.